The van der Waals surface area contributed by atoms with Gasteiger partial charge in [-0.15, -0.1) is 0 Å². The molecule has 0 fully saturated rings. The lowest BCUT2D eigenvalue weighted by Crippen LogP contribution is -1.97. The SMILES string of the molecule is CCCCCCCOc1ccc(Cl)c(Cl)c1. The lowest BCUT2D eigenvalue weighted by Gasteiger charge is -2.06. The number of rotatable bonds is 7. The minimum absolute atomic E-state index is 0.546. The lowest BCUT2D eigenvalue weighted by atomic mass is 10.2. The Labute approximate surface area is 108 Å². The topological polar surface area (TPSA) is 9.23 Å². The van der Waals surface area contributed by atoms with Crippen LogP contribution in [0.4, 0.5) is 0 Å². The van der Waals surface area contributed by atoms with Crippen molar-refractivity contribution in [3.05, 3.63) is 28.2 Å². The van der Waals surface area contributed by atoms with Crippen LogP contribution in [0, 0.1) is 0 Å². The molecule has 0 saturated heterocycles. The normalized spacial score (nSPS) is 10.4. The molecule has 0 amide bonds. The summed E-state index contributed by atoms with van der Waals surface area (Å²) in [6.45, 7) is 2.97. The number of hydrogen-bond donors (Lipinski definition) is 0. The van der Waals surface area contributed by atoms with Gasteiger partial charge >= 0.3 is 0 Å². The van der Waals surface area contributed by atoms with E-state index >= 15 is 0 Å². The first-order chi connectivity index (χ1) is 7.74. The molecule has 1 aromatic carbocycles. The number of ether oxygens (including phenoxy) is 1. The smallest absolute Gasteiger partial charge is 0.120 e. The summed E-state index contributed by atoms with van der Waals surface area (Å²) in [5.74, 6) is 0.796. The molecule has 0 saturated carbocycles. The van der Waals surface area contributed by atoms with E-state index in [1.54, 1.807) is 12.1 Å². The van der Waals surface area contributed by atoms with Crippen LogP contribution < -0.4 is 4.74 Å². The predicted molar refractivity (Wildman–Crippen MR) is 70.7 cm³/mol. The third kappa shape index (κ3) is 5.09. The zero-order chi connectivity index (χ0) is 11.8. The van der Waals surface area contributed by atoms with Crippen LogP contribution in [-0.2, 0) is 0 Å². The van der Waals surface area contributed by atoms with Gasteiger partial charge in [-0.3, -0.25) is 0 Å². The molecule has 90 valence electrons. The zero-order valence-electron chi connectivity index (χ0n) is 9.64. The van der Waals surface area contributed by atoms with E-state index in [4.69, 9.17) is 27.9 Å². The molecule has 0 N–H and O–H groups in total. The predicted octanol–water partition coefficient (Wildman–Crippen LogP) is 5.34. The largest absolute Gasteiger partial charge is 0.494 e. The van der Waals surface area contributed by atoms with Crippen LogP contribution in [-0.4, -0.2) is 6.61 Å². The second-order valence-corrected chi connectivity index (χ2v) is 4.65. The second kappa shape index (κ2) is 7.81. The third-order valence-corrected chi connectivity index (χ3v) is 3.15. The molecule has 1 rings (SSSR count). The Morgan fingerprint density at radius 3 is 2.44 bits per heavy atom. The zero-order valence-corrected chi connectivity index (χ0v) is 11.2. The van der Waals surface area contributed by atoms with Crippen molar-refractivity contribution in [2.75, 3.05) is 6.61 Å². The Bertz CT molecular complexity index is 313. The summed E-state index contributed by atoms with van der Waals surface area (Å²) in [4.78, 5) is 0. The summed E-state index contributed by atoms with van der Waals surface area (Å²) in [5, 5.41) is 1.11. The maximum atomic E-state index is 5.88. The highest BCUT2D eigenvalue weighted by Gasteiger charge is 1.99. The molecule has 0 aliphatic carbocycles. The molecule has 0 heterocycles. The Kier molecular flexibility index (Phi) is 6.67. The van der Waals surface area contributed by atoms with Crippen molar-refractivity contribution in [3.8, 4) is 5.75 Å². The van der Waals surface area contributed by atoms with Crippen molar-refractivity contribution in [2.45, 2.75) is 39.0 Å². The number of unbranched alkanes of at least 4 members (excludes halogenated alkanes) is 4. The van der Waals surface area contributed by atoms with E-state index in [1.165, 1.54) is 25.7 Å². The van der Waals surface area contributed by atoms with Gasteiger partial charge in [0.1, 0.15) is 5.75 Å². The van der Waals surface area contributed by atoms with Crippen LogP contribution in [0.1, 0.15) is 39.0 Å². The molecule has 0 spiro atoms. The van der Waals surface area contributed by atoms with Crippen molar-refractivity contribution in [3.63, 3.8) is 0 Å². The van der Waals surface area contributed by atoms with E-state index in [1.807, 2.05) is 6.07 Å². The highest BCUT2D eigenvalue weighted by molar-refractivity contribution is 6.42. The van der Waals surface area contributed by atoms with Gasteiger partial charge in [0.25, 0.3) is 0 Å². The molecular formula is C13H18Cl2O. The maximum Gasteiger partial charge on any atom is 0.120 e. The molecule has 0 aromatic heterocycles. The van der Waals surface area contributed by atoms with E-state index in [-0.39, 0.29) is 0 Å². The van der Waals surface area contributed by atoms with Crippen LogP contribution in [0.25, 0.3) is 0 Å². The Balaban J connectivity index is 2.19. The number of benzene rings is 1. The maximum absolute atomic E-state index is 5.88. The van der Waals surface area contributed by atoms with Gasteiger partial charge in [0.05, 0.1) is 16.7 Å². The van der Waals surface area contributed by atoms with Crippen LogP contribution in [0.2, 0.25) is 10.0 Å². The van der Waals surface area contributed by atoms with E-state index in [0.29, 0.717) is 10.0 Å². The molecule has 0 aliphatic heterocycles. The van der Waals surface area contributed by atoms with E-state index in [2.05, 4.69) is 6.92 Å². The van der Waals surface area contributed by atoms with Crippen molar-refractivity contribution in [1.82, 2.24) is 0 Å². The van der Waals surface area contributed by atoms with Gasteiger partial charge < -0.3 is 4.74 Å². The fourth-order valence-corrected chi connectivity index (χ4v) is 1.75. The minimum atomic E-state index is 0.546. The van der Waals surface area contributed by atoms with Gasteiger partial charge in [0, 0.05) is 6.07 Å². The highest BCUT2D eigenvalue weighted by atomic mass is 35.5. The fraction of sp³-hybridized carbons (Fsp3) is 0.538. The molecular weight excluding hydrogens is 243 g/mol. The van der Waals surface area contributed by atoms with Crippen LogP contribution in [0.3, 0.4) is 0 Å². The summed E-state index contributed by atoms with van der Waals surface area (Å²) in [7, 11) is 0. The van der Waals surface area contributed by atoms with E-state index < -0.39 is 0 Å². The lowest BCUT2D eigenvalue weighted by molar-refractivity contribution is 0.304. The Morgan fingerprint density at radius 2 is 1.75 bits per heavy atom. The summed E-state index contributed by atoms with van der Waals surface area (Å²) in [5.41, 5.74) is 0. The monoisotopic (exact) mass is 260 g/mol. The van der Waals surface area contributed by atoms with Gasteiger partial charge in [0.15, 0.2) is 0 Å². The van der Waals surface area contributed by atoms with Crippen molar-refractivity contribution >= 4 is 23.2 Å². The molecule has 0 radical (unpaired) electrons. The standard InChI is InChI=1S/C13H18Cl2O/c1-2-3-4-5-6-9-16-11-7-8-12(14)13(15)10-11/h7-8,10H,2-6,9H2,1H3. The molecule has 1 nitrogen and oxygen atoms in total. The third-order valence-electron chi connectivity index (χ3n) is 2.41. The second-order valence-electron chi connectivity index (χ2n) is 3.84. The quantitative estimate of drug-likeness (QED) is 0.602. The van der Waals surface area contributed by atoms with E-state index in [9.17, 15) is 0 Å². The number of hydrogen-bond acceptors (Lipinski definition) is 1. The average Bonchev–Trinajstić information content (AvgIpc) is 2.28. The van der Waals surface area contributed by atoms with Gasteiger partial charge in [-0.05, 0) is 18.6 Å². The number of halogens is 2. The van der Waals surface area contributed by atoms with Crippen molar-refractivity contribution < 1.29 is 4.74 Å². The first-order valence-electron chi connectivity index (χ1n) is 5.82. The minimum Gasteiger partial charge on any atom is -0.494 e. The molecule has 0 unspecified atom stereocenters. The van der Waals surface area contributed by atoms with E-state index in [0.717, 1.165) is 18.8 Å². The summed E-state index contributed by atoms with van der Waals surface area (Å²) >= 11 is 11.7. The molecule has 3 heteroatoms. The molecule has 0 bridgehead atoms. The Hall–Kier alpha value is -0.400. The van der Waals surface area contributed by atoms with Crippen LogP contribution in [0.5, 0.6) is 5.75 Å². The first-order valence-corrected chi connectivity index (χ1v) is 6.57. The first kappa shape index (κ1) is 13.7. The molecule has 0 atom stereocenters. The van der Waals surface area contributed by atoms with Crippen LogP contribution in [0.15, 0.2) is 18.2 Å². The van der Waals surface area contributed by atoms with Gasteiger partial charge in [-0.25, -0.2) is 0 Å². The van der Waals surface area contributed by atoms with Gasteiger partial charge in [-0.1, -0.05) is 55.8 Å². The van der Waals surface area contributed by atoms with Gasteiger partial charge in [0.2, 0.25) is 0 Å². The fourth-order valence-electron chi connectivity index (χ4n) is 1.46. The Morgan fingerprint density at radius 1 is 1.00 bits per heavy atom. The molecule has 1 aromatic rings. The molecule has 16 heavy (non-hydrogen) atoms. The van der Waals surface area contributed by atoms with Crippen molar-refractivity contribution in [2.24, 2.45) is 0 Å². The average molecular weight is 261 g/mol. The summed E-state index contributed by atoms with van der Waals surface area (Å²) in [6, 6.07) is 5.37. The highest BCUT2D eigenvalue weighted by Crippen LogP contribution is 2.26. The molecule has 0 aliphatic rings. The summed E-state index contributed by atoms with van der Waals surface area (Å²) in [6.07, 6.45) is 6.21. The van der Waals surface area contributed by atoms with Gasteiger partial charge in [-0.2, -0.15) is 0 Å². The van der Waals surface area contributed by atoms with Crippen LogP contribution >= 0.6 is 23.2 Å². The summed E-state index contributed by atoms with van der Waals surface area (Å²) < 4.78 is 5.58. The van der Waals surface area contributed by atoms with Crippen molar-refractivity contribution in [1.29, 1.82) is 0 Å².